The number of hydrogen-bond acceptors (Lipinski definition) is 1. The predicted octanol–water partition coefficient (Wildman–Crippen LogP) is 4.43. The fourth-order valence-electron chi connectivity index (χ4n) is 2.77. The zero-order chi connectivity index (χ0) is 14.7. The third-order valence-corrected chi connectivity index (χ3v) is 3.92. The minimum atomic E-state index is -4.81. The van der Waals surface area contributed by atoms with E-state index in [-0.39, 0.29) is 21.7 Å². The zero-order valence-electron chi connectivity index (χ0n) is 10.4. The van der Waals surface area contributed by atoms with E-state index in [0.29, 0.717) is 11.1 Å². The smallest absolute Gasteiger partial charge is 0.372 e. The Morgan fingerprint density at radius 2 is 1.75 bits per heavy atom. The van der Waals surface area contributed by atoms with Gasteiger partial charge in [0.15, 0.2) is 0 Å². The molecule has 1 N–H and O–H groups in total. The molecule has 3 rings (SSSR count). The van der Waals surface area contributed by atoms with Crippen LogP contribution in [-0.2, 0) is 5.60 Å². The van der Waals surface area contributed by atoms with Gasteiger partial charge in [-0.3, -0.25) is 0 Å². The number of aliphatic hydroxyl groups is 1. The maximum atomic E-state index is 13.5. The molecule has 1 nitrogen and oxygen atoms in total. The third-order valence-electron chi connectivity index (χ3n) is 3.62. The third kappa shape index (κ3) is 1.55. The molecule has 2 aromatic rings. The van der Waals surface area contributed by atoms with Gasteiger partial charge < -0.3 is 5.11 Å². The van der Waals surface area contributed by atoms with Gasteiger partial charge in [0.25, 0.3) is 0 Å². The molecule has 20 heavy (non-hydrogen) atoms. The highest BCUT2D eigenvalue weighted by molar-refractivity contribution is 6.34. The van der Waals surface area contributed by atoms with Crippen molar-refractivity contribution in [1.29, 1.82) is 0 Å². The molecule has 1 aliphatic rings. The van der Waals surface area contributed by atoms with Gasteiger partial charge in [-0.25, -0.2) is 0 Å². The summed E-state index contributed by atoms with van der Waals surface area (Å²) in [6.07, 6.45) is -4.81. The van der Waals surface area contributed by atoms with E-state index in [0.717, 1.165) is 0 Å². The van der Waals surface area contributed by atoms with Crippen LogP contribution in [-0.4, -0.2) is 11.3 Å². The Hall–Kier alpha value is -1.52. The number of alkyl halides is 3. The van der Waals surface area contributed by atoms with Crippen LogP contribution in [0.5, 0.6) is 0 Å². The quantitative estimate of drug-likeness (QED) is 0.763. The van der Waals surface area contributed by atoms with E-state index in [9.17, 15) is 18.3 Å². The molecule has 0 saturated heterocycles. The topological polar surface area (TPSA) is 20.2 Å². The summed E-state index contributed by atoms with van der Waals surface area (Å²) in [6, 6.07) is 8.87. The Morgan fingerprint density at radius 1 is 1.10 bits per heavy atom. The van der Waals surface area contributed by atoms with Gasteiger partial charge in [-0.15, -0.1) is 0 Å². The molecule has 1 aliphatic carbocycles. The summed E-state index contributed by atoms with van der Waals surface area (Å²) in [5, 5.41) is 10.6. The molecule has 0 radical (unpaired) electrons. The normalized spacial score (nSPS) is 20.7. The number of halogens is 4. The van der Waals surface area contributed by atoms with Crippen molar-refractivity contribution in [2.75, 3.05) is 0 Å². The summed E-state index contributed by atoms with van der Waals surface area (Å²) < 4.78 is 40.4. The van der Waals surface area contributed by atoms with Crippen LogP contribution >= 0.6 is 11.6 Å². The number of aryl methyl sites for hydroxylation is 1. The molecule has 0 spiro atoms. The number of fused-ring (bicyclic) bond motifs is 3. The summed E-state index contributed by atoms with van der Waals surface area (Å²) in [5.74, 6) is 0. The molecule has 1 atom stereocenters. The molecular formula is C15H10ClF3O. The Labute approximate surface area is 118 Å². The van der Waals surface area contributed by atoms with E-state index >= 15 is 0 Å². The molecule has 0 unspecified atom stereocenters. The summed E-state index contributed by atoms with van der Waals surface area (Å²) in [5.41, 5.74) is -2.22. The van der Waals surface area contributed by atoms with E-state index in [1.807, 2.05) is 0 Å². The van der Waals surface area contributed by atoms with Gasteiger partial charge in [0.1, 0.15) is 0 Å². The van der Waals surface area contributed by atoms with Gasteiger partial charge in [-0.2, -0.15) is 13.2 Å². The average Bonchev–Trinajstić information content (AvgIpc) is 2.61. The molecule has 0 fully saturated rings. The Bertz CT molecular complexity index is 709. The molecule has 5 heteroatoms. The first kappa shape index (κ1) is 13.5. The molecule has 0 amide bonds. The monoisotopic (exact) mass is 298 g/mol. The van der Waals surface area contributed by atoms with Crippen LogP contribution in [0.25, 0.3) is 11.1 Å². The zero-order valence-corrected chi connectivity index (χ0v) is 11.2. The van der Waals surface area contributed by atoms with Crippen molar-refractivity contribution < 1.29 is 18.3 Å². The van der Waals surface area contributed by atoms with Crippen LogP contribution in [0.4, 0.5) is 13.2 Å². The van der Waals surface area contributed by atoms with Crippen LogP contribution in [0.2, 0.25) is 5.02 Å². The highest BCUT2D eigenvalue weighted by Crippen LogP contribution is 2.56. The lowest BCUT2D eigenvalue weighted by atomic mass is 9.90. The molecular weight excluding hydrogens is 289 g/mol. The van der Waals surface area contributed by atoms with Gasteiger partial charge in [0.2, 0.25) is 5.60 Å². The van der Waals surface area contributed by atoms with Crippen molar-refractivity contribution in [3.05, 3.63) is 58.1 Å². The Morgan fingerprint density at radius 3 is 2.40 bits per heavy atom. The standard InChI is InChI=1S/C15H10ClF3O/c1-8-6-11-13(12(16)7-8)9-4-2-3-5-10(9)14(11,20)15(17,18)19/h2-7,20H,1H3/t14-/m0/s1. The van der Waals surface area contributed by atoms with Gasteiger partial charge in [-0.05, 0) is 24.1 Å². The first-order chi connectivity index (χ1) is 9.26. The van der Waals surface area contributed by atoms with Crippen molar-refractivity contribution in [2.24, 2.45) is 0 Å². The second-order valence-corrected chi connectivity index (χ2v) is 5.33. The highest BCUT2D eigenvalue weighted by Gasteiger charge is 2.61. The molecule has 0 aliphatic heterocycles. The maximum absolute atomic E-state index is 13.5. The minimum absolute atomic E-state index is 0.171. The van der Waals surface area contributed by atoms with Gasteiger partial charge >= 0.3 is 6.18 Å². The molecule has 0 saturated carbocycles. The summed E-state index contributed by atoms with van der Waals surface area (Å²) >= 11 is 6.10. The highest BCUT2D eigenvalue weighted by atomic mass is 35.5. The number of hydrogen-bond donors (Lipinski definition) is 1. The van der Waals surface area contributed by atoms with Gasteiger partial charge in [0, 0.05) is 21.7 Å². The maximum Gasteiger partial charge on any atom is 0.425 e. The Kier molecular flexibility index (Phi) is 2.69. The molecule has 0 heterocycles. The molecule has 0 aromatic heterocycles. The van der Waals surface area contributed by atoms with Crippen LogP contribution < -0.4 is 0 Å². The fourth-order valence-corrected chi connectivity index (χ4v) is 3.14. The molecule has 104 valence electrons. The van der Waals surface area contributed by atoms with E-state index in [2.05, 4.69) is 0 Å². The van der Waals surface area contributed by atoms with Crippen LogP contribution in [0.1, 0.15) is 16.7 Å². The van der Waals surface area contributed by atoms with E-state index in [1.54, 1.807) is 25.1 Å². The van der Waals surface area contributed by atoms with Gasteiger partial charge in [-0.1, -0.05) is 41.9 Å². The van der Waals surface area contributed by atoms with Crippen molar-refractivity contribution in [2.45, 2.75) is 18.7 Å². The van der Waals surface area contributed by atoms with Crippen LogP contribution in [0.15, 0.2) is 36.4 Å². The number of rotatable bonds is 0. The van der Waals surface area contributed by atoms with Crippen LogP contribution in [0.3, 0.4) is 0 Å². The second kappa shape index (κ2) is 3.99. The van der Waals surface area contributed by atoms with E-state index in [1.165, 1.54) is 18.2 Å². The lowest BCUT2D eigenvalue weighted by Crippen LogP contribution is -2.41. The van der Waals surface area contributed by atoms with E-state index in [4.69, 9.17) is 11.6 Å². The van der Waals surface area contributed by atoms with E-state index < -0.39 is 11.8 Å². The van der Waals surface area contributed by atoms with Crippen molar-refractivity contribution >= 4 is 11.6 Å². The van der Waals surface area contributed by atoms with Crippen molar-refractivity contribution in [3.8, 4) is 11.1 Å². The lowest BCUT2D eigenvalue weighted by Gasteiger charge is -2.28. The summed E-state index contributed by atoms with van der Waals surface area (Å²) in [6.45, 7) is 1.64. The molecule has 2 aromatic carbocycles. The summed E-state index contributed by atoms with van der Waals surface area (Å²) in [4.78, 5) is 0. The minimum Gasteiger partial charge on any atom is -0.372 e. The number of benzene rings is 2. The van der Waals surface area contributed by atoms with Crippen LogP contribution in [0, 0.1) is 6.92 Å². The average molecular weight is 299 g/mol. The predicted molar refractivity (Wildman–Crippen MR) is 70.7 cm³/mol. The lowest BCUT2D eigenvalue weighted by molar-refractivity contribution is -0.246. The fraction of sp³-hybridized carbons (Fsp3) is 0.200. The molecule has 0 bridgehead atoms. The van der Waals surface area contributed by atoms with Crippen molar-refractivity contribution in [3.63, 3.8) is 0 Å². The first-order valence-electron chi connectivity index (χ1n) is 5.96. The SMILES string of the molecule is Cc1cc(Cl)c2c(c1)[C@](O)(C(F)(F)F)c1ccccc1-2. The Balaban J connectivity index is 2.47. The summed E-state index contributed by atoms with van der Waals surface area (Å²) in [7, 11) is 0. The largest absolute Gasteiger partial charge is 0.425 e. The van der Waals surface area contributed by atoms with Gasteiger partial charge in [0.05, 0.1) is 0 Å². The first-order valence-corrected chi connectivity index (χ1v) is 6.34. The second-order valence-electron chi connectivity index (χ2n) is 4.92. The van der Waals surface area contributed by atoms with Crippen molar-refractivity contribution in [1.82, 2.24) is 0 Å².